The number of halogens is 1. The lowest BCUT2D eigenvalue weighted by Gasteiger charge is -2.42. The first-order chi connectivity index (χ1) is 11.5. The number of thiophene rings is 1. The lowest BCUT2D eigenvalue weighted by molar-refractivity contribution is 0.0645. The van der Waals surface area contributed by atoms with Crippen LogP contribution in [0.2, 0.25) is 4.34 Å². The van der Waals surface area contributed by atoms with Gasteiger partial charge in [0.1, 0.15) is 4.21 Å². The second kappa shape index (κ2) is 7.99. The predicted octanol–water partition coefficient (Wildman–Crippen LogP) is 1.16. The van der Waals surface area contributed by atoms with Crippen LogP contribution in [0.4, 0.5) is 0 Å². The van der Waals surface area contributed by atoms with Crippen LogP contribution in [0.3, 0.4) is 0 Å². The first kappa shape index (κ1) is 18.6. The molecule has 0 unspecified atom stereocenters. The molecular formula is C15H24ClN3O3S2. The molecule has 6 nitrogen and oxygen atoms in total. The van der Waals surface area contributed by atoms with Crippen LogP contribution in [0.15, 0.2) is 16.3 Å². The van der Waals surface area contributed by atoms with Crippen LogP contribution in [0.25, 0.3) is 0 Å². The molecule has 0 amide bonds. The van der Waals surface area contributed by atoms with Crippen molar-refractivity contribution in [3.63, 3.8) is 0 Å². The summed E-state index contributed by atoms with van der Waals surface area (Å²) in [5.74, 6) is 0. The molecule has 0 atom stereocenters. The predicted molar refractivity (Wildman–Crippen MR) is 96.2 cm³/mol. The number of aliphatic hydroxyl groups excluding tert-OH is 1. The fourth-order valence-corrected chi connectivity index (χ4v) is 6.61. The number of piperidine rings is 1. The summed E-state index contributed by atoms with van der Waals surface area (Å²) in [4.78, 5) is 4.75. The number of hydrogen-bond donors (Lipinski definition) is 1. The van der Waals surface area contributed by atoms with E-state index in [0.29, 0.717) is 27.7 Å². The SMILES string of the molecule is O=S(=O)(c1ccc(Cl)s1)N1CCC(N2CCN(CCO)CC2)CC1. The summed E-state index contributed by atoms with van der Waals surface area (Å²) >= 11 is 7.00. The minimum absolute atomic E-state index is 0.211. The summed E-state index contributed by atoms with van der Waals surface area (Å²) in [5, 5.41) is 9.01. The normalized spacial score (nSPS) is 22.9. The van der Waals surface area contributed by atoms with Gasteiger partial charge < -0.3 is 5.11 Å². The van der Waals surface area contributed by atoms with Gasteiger partial charge in [-0.2, -0.15) is 4.31 Å². The van der Waals surface area contributed by atoms with Gasteiger partial charge in [0.25, 0.3) is 10.0 Å². The maximum atomic E-state index is 12.6. The average molecular weight is 394 g/mol. The van der Waals surface area contributed by atoms with E-state index in [2.05, 4.69) is 9.80 Å². The molecule has 2 aliphatic heterocycles. The Morgan fingerprint density at radius 2 is 1.79 bits per heavy atom. The van der Waals surface area contributed by atoms with Crippen molar-refractivity contribution in [2.75, 3.05) is 52.4 Å². The maximum absolute atomic E-state index is 12.6. The third-order valence-corrected chi connectivity index (χ3v) is 8.50. The Morgan fingerprint density at radius 1 is 1.12 bits per heavy atom. The van der Waals surface area contributed by atoms with Gasteiger partial charge in [-0.3, -0.25) is 9.80 Å². The zero-order chi connectivity index (χ0) is 17.2. The van der Waals surface area contributed by atoms with Crippen LogP contribution in [0.5, 0.6) is 0 Å². The molecule has 1 aromatic rings. The Kier molecular flexibility index (Phi) is 6.18. The number of piperazine rings is 1. The van der Waals surface area contributed by atoms with E-state index in [9.17, 15) is 8.42 Å². The summed E-state index contributed by atoms with van der Waals surface area (Å²) in [6, 6.07) is 3.69. The second-order valence-corrected chi connectivity index (χ2v) is 10.2. The smallest absolute Gasteiger partial charge is 0.252 e. The Morgan fingerprint density at radius 3 is 2.33 bits per heavy atom. The van der Waals surface area contributed by atoms with E-state index in [1.54, 1.807) is 16.4 Å². The summed E-state index contributed by atoms with van der Waals surface area (Å²) in [6.45, 7) is 6.05. The Balaban J connectivity index is 1.53. The molecule has 9 heteroatoms. The highest BCUT2D eigenvalue weighted by molar-refractivity contribution is 7.91. The standard InChI is InChI=1S/C15H24ClN3O3S2/c16-14-1-2-15(23-14)24(21,22)19-5-3-13(4-6-19)18-9-7-17(8-10-18)11-12-20/h1-2,13,20H,3-12H2. The van der Waals surface area contributed by atoms with Crippen LogP contribution in [0.1, 0.15) is 12.8 Å². The van der Waals surface area contributed by atoms with Gasteiger partial charge in [0.15, 0.2) is 0 Å². The highest BCUT2D eigenvalue weighted by Gasteiger charge is 2.33. The lowest BCUT2D eigenvalue weighted by Crippen LogP contribution is -2.54. The molecule has 0 radical (unpaired) electrons. The van der Waals surface area contributed by atoms with Crippen molar-refractivity contribution in [2.45, 2.75) is 23.1 Å². The van der Waals surface area contributed by atoms with E-state index in [-0.39, 0.29) is 6.61 Å². The number of sulfonamides is 1. The molecular weight excluding hydrogens is 370 g/mol. The van der Waals surface area contributed by atoms with Gasteiger partial charge in [0.2, 0.25) is 0 Å². The quantitative estimate of drug-likeness (QED) is 0.813. The molecule has 2 saturated heterocycles. The summed E-state index contributed by atoms with van der Waals surface area (Å²) < 4.78 is 27.7. The van der Waals surface area contributed by atoms with Crippen LogP contribution in [-0.4, -0.2) is 86.1 Å². The Hall–Kier alpha value is -0.220. The first-order valence-electron chi connectivity index (χ1n) is 8.33. The van der Waals surface area contributed by atoms with Gasteiger partial charge in [-0.1, -0.05) is 11.6 Å². The molecule has 2 fully saturated rings. The van der Waals surface area contributed by atoms with Gasteiger partial charge in [0.05, 0.1) is 10.9 Å². The van der Waals surface area contributed by atoms with Gasteiger partial charge >= 0.3 is 0 Å². The average Bonchev–Trinajstić information content (AvgIpc) is 3.03. The zero-order valence-electron chi connectivity index (χ0n) is 13.6. The van der Waals surface area contributed by atoms with E-state index < -0.39 is 10.0 Å². The highest BCUT2D eigenvalue weighted by atomic mass is 35.5. The van der Waals surface area contributed by atoms with Crippen molar-refractivity contribution < 1.29 is 13.5 Å². The van der Waals surface area contributed by atoms with Crippen LogP contribution in [-0.2, 0) is 10.0 Å². The zero-order valence-corrected chi connectivity index (χ0v) is 16.0. The molecule has 136 valence electrons. The molecule has 1 N–H and O–H groups in total. The second-order valence-electron chi connectivity index (χ2n) is 6.30. The van der Waals surface area contributed by atoms with Gasteiger partial charge in [0, 0.05) is 51.9 Å². The molecule has 1 aromatic heterocycles. The Labute approximate surface area is 152 Å². The summed E-state index contributed by atoms with van der Waals surface area (Å²) in [5.41, 5.74) is 0. The molecule has 24 heavy (non-hydrogen) atoms. The van der Waals surface area contributed by atoms with E-state index in [0.717, 1.165) is 56.9 Å². The van der Waals surface area contributed by atoms with Crippen LogP contribution >= 0.6 is 22.9 Å². The van der Waals surface area contributed by atoms with Crippen LogP contribution < -0.4 is 0 Å². The van der Waals surface area contributed by atoms with Crippen LogP contribution in [0, 0.1) is 0 Å². The highest BCUT2D eigenvalue weighted by Crippen LogP contribution is 2.30. The van der Waals surface area contributed by atoms with Crippen molar-refractivity contribution in [3.8, 4) is 0 Å². The summed E-state index contributed by atoms with van der Waals surface area (Å²) in [6.07, 6.45) is 1.75. The van der Waals surface area contributed by atoms with Crippen molar-refractivity contribution in [1.29, 1.82) is 0 Å². The van der Waals surface area contributed by atoms with Crippen molar-refractivity contribution in [2.24, 2.45) is 0 Å². The van der Waals surface area contributed by atoms with Crippen molar-refractivity contribution >= 4 is 33.0 Å². The fourth-order valence-electron chi connectivity index (χ4n) is 3.50. The third-order valence-electron chi connectivity index (χ3n) is 4.91. The molecule has 0 spiro atoms. The Bertz CT molecular complexity index is 636. The third kappa shape index (κ3) is 4.12. The number of β-amino-alcohol motifs (C(OH)–C–C–N with tert-alkyl or cyclic N) is 1. The summed E-state index contributed by atoms with van der Waals surface area (Å²) in [7, 11) is -3.40. The largest absolute Gasteiger partial charge is 0.395 e. The number of hydrogen-bond acceptors (Lipinski definition) is 6. The van der Waals surface area contributed by atoms with Crippen molar-refractivity contribution in [3.05, 3.63) is 16.5 Å². The fraction of sp³-hybridized carbons (Fsp3) is 0.733. The number of nitrogens with zero attached hydrogens (tertiary/aromatic N) is 3. The minimum atomic E-state index is -3.40. The van der Waals surface area contributed by atoms with Gasteiger partial charge in [-0.25, -0.2) is 8.42 Å². The minimum Gasteiger partial charge on any atom is -0.395 e. The molecule has 0 aromatic carbocycles. The monoisotopic (exact) mass is 393 g/mol. The first-order valence-corrected chi connectivity index (χ1v) is 11.0. The van der Waals surface area contributed by atoms with Gasteiger partial charge in [-0.05, 0) is 25.0 Å². The molecule has 0 bridgehead atoms. The number of aliphatic hydroxyl groups is 1. The van der Waals surface area contributed by atoms with E-state index >= 15 is 0 Å². The van der Waals surface area contributed by atoms with Gasteiger partial charge in [-0.15, -0.1) is 11.3 Å². The van der Waals surface area contributed by atoms with E-state index in [1.165, 1.54) is 0 Å². The molecule has 0 aliphatic carbocycles. The molecule has 0 saturated carbocycles. The molecule has 3 rings (SSSR count). The molecule has 3 heterocycles. The van der Waals surface area contributed by atoms with Crippen molar-refractivity contribution in [1.82, 2.24) is 14.1 Å². The van der Waals surface area contributed by atoms with E-state index in [4.69, 9.17) is 16.7 Å². The lowest BCUT2D eigenvalue weighted by atomic mass is 10.0. The number of rotatable bonds is 5. The maximum Gasteiger partial charge on any atom is 0.252 e. The van der Waals surface area contributed by atoms with E-state index in [1.807, 2.05) is 0 Å². The topological polar surface area (TPSA) is 64.1 Å². The molecule has 2 aliphatic rings.